The summed E-state index contributed by atoms with van der Waals surface area (Å²) in [4.78, 5) is 22.6. The summed E-state index contributed by atoms with van der Waals surface area (Å²) in [6, 6.07) is 7.50. The molecule has 3 aromatic heterocycles. The molecule has 0 saturated heterocycles. The van der Waals surface area contributed by atoms with E-state index in [9.17, 15) is 9.90 Å². The highest BCUT2D eigenvalue weighted by atomic mass is 32.1. The fourth-order valence-corrected chi connectivity index (χ4v) is 5.81. The van der Waals surface area contributed by atoms with Crippen LogP contribution in [0.5, 0.6) is 0 Å². The number of benzene rings is 1. The van der Waals surface area contributed by atoms with Crippen molar-refractivity contribution in [3.05, 3.63) is 69.1 Å². The minimum Gasteiger partial charge on any atom is -0.481 e. The molecule has 1 unspecified atom stereocenters. The molecule has 0 bridgehead atoms. The SMILES string of the molecule is Cc1sc2c(c1C)C(c1ccc(-c3nccs3)cc1)=NC([C@H](C)C(=O)O)c1nnc(C)n1-2. The van der Waals surface area contributed by atoms with Gasteiger partial charge in [0.25, 0.3) is 0 Å². The maximum absolute atomic E-state index is 11.9. The lowest BCUT2D eigenvalue weighted by Crippen LogP contribution is -2.21. The molecule has 4 aromatic rings. The van der Waals surface area contributed by atoms with Crippen molar-refractivity contribution in [3.63, 3.8) is 0 Å². The van der Waals surface area contributed by atoms with Gasteiger partial charge in [-0.25, -0.2) is 4.98 Å². The van der Waals surface area contributed by atoms with Gasteiger partial charge in [-0.2, -0.15) is 0 Å². The number of thiophene rings is 1. The van der Waals surface area contributed by atoms with Crippen LogP contribution >= 0.6 is 22.7 Å². The third kappa shape index (κ3) is 3.20. The molecule has 5 rings (SSSR count). The number of thiazole rings is 1. The summed E-state index contributed by atoms with van der Waals surface area (Å²) in [6.45, 7) is 7.74. The summed E-state index contributed by atoms with van der Waals surface area (Å²) < 4.78 is 1.98. The van der Waals surface area contributed by atoms with Crippen molar-refractivity contribution in [2.75, 3.05) is 0 Å². The summed E-state index contributed by atoms with van der Waals surface area (Å²) in [7, 11) is 0. The van der Waals surface area contributed by atoms with E-state index in [2.05, 4.69) is 29.0 Å². The molecule has 0 radical (unpaired) electrons. The average Bonchev–Trinajstić information content (AvgIpc) is 3.48. The number of aliphatic carboxylic acids is 1. The van der Waals surface area contributed by atoms with Crippen molar-refractivity contribution in [2.24, 2.45) is 10.9 Å². The number of nitrogens with zero attached hydrogens (tertiary/aromatic N) is 5. The smallest absolute Gasteiger partial charge is 0.308 e. The van der Waals surface area contributed by atoms with Crippen LogP contribution in [0.1, 0.15) is 46.2 Å². The van der Waals surface area contributed by atoms with Gasteiger partial charge in [0.15, 0.2) is 5.82 Å². The van der Waals surface area contributed by atoms with Gasteiger partial charge < -0.3 is 5.11 Å². The third-order valence-electron chi connectivity index (χ3n) is 5.89. The molecule has 0 saturated carbocycles. The van der Waals surface area contributed by atoms with Gasteiger partial charge in [-0.05, 0) is 33.3 Å². The van der Waals surface area contributed by atoms with Gasteiger partial charge in [-0.1, -0.05) is 24.3 Å². The van der Waals surface area contributed by atoms with Crippen LogP contribution in [-0.2, 0) is 4.79 Å². The third-order valence-corrected chi connectivity index (χ3v) is 7.90. The number of hydrogen-bond acceptors (Lipinski definition) is 7. The number of aliphatic imine (C=N–C) groups is 1. The lowest BCUT2D eigenvalue weighted by Gasteiger charge is -2.16. The number of carbonyl (C=O) groups is 1. The molecular weight excluding hydrogens is 442 g/mol. The minimum atomic E-state index is -0.914. The monoisotopic (exact) mass is 463 g/mol. The number of hydrogen-bond donors (Lipinski definition) is 1. The van der Waals surface area contributed by atoms with Crippen LogP contribution in [0.2, 0.25) is 0 Å². The standard InChI is InChI=1S/C23H21N5O2S2/c1-11-13(3)32-22-17(11)19(15-5-7-16(8-6-15)21-24-9-10-31-21)25-18(12(2)23(29)30)20-27-26-14(4)28(20)22/h5-10,12,18H,1-4H3,(H,29,30)/t12-,18?/m0/s1. The van der Waals surface area contributed by atoms with Crippen LogP contribution in [0.15, 0.2) is 40.8 Å². The summed E-state index contributed by atoms with van der Waals surface area (Å²) in [5, 5.41) is 22.3. The molecule has 7 nitrogen and oxygen atoms in total. The molecule has 1 N–H and O–H groups in total. The van der Waals surface area contributed by atoms with Gasteiger partial charge in [-0.15, -0.1) is 32.9 Å². The molecule has 1 aliphatic rings. The molecule has 9 heteroatoms. The Bertz CT molecular complexity index is 1350. The highest BCUT2D eigenvalue weighted by Crippen LogP contribution is 2.40. The highest BCUT2D eigenvalue weighted by molar-refractivity contribution is 7.15. The number of carboxylic acids is 1. The van der Waals surface area contributed by atoms with Crippen LogP contribution in [0.4, 0.5) is 0 Å². The Balaban J connectivity index is 1.74. The predicted molar refractivity (Wildman–Crippen MR) is 126 cm³/mol. The van der Waals surface area contributed by atoms with Gasteiger partial charge in [0.2, 0.25) is 0 Å². The normalized spacial score (nSPS) is 16.1. The molecule has 1 aliphatic heterocycles. The van der Waals surface area contributed by atoms with Crippen LogP contribution in [0.3, 0.4) is 0 Å². The van der Waals surface area contributed by atoms with Crippen molar-refractivity contribution >= 4 is 34.4 Å². The van der Waals surface area contributed by atoms with Gasteiger partial charge in [-0.3, -0.25) is 14.4 Å². The average molecular weight is 464 g/mol. The van der Waals surface area contributed by atoms with E-state index >= 15 is 0 Å². The van der Waals surface area contributed by atoms with E-state index in [0.717, 1.165) is 43.8 Å². The molecule has 1 aromatic carbocycles. The predicted octanol–water partition coefficient (Wildman–Crippen LogP) is 4.99. The molecule has 4 heterocycles. The van der Waals surface area contributed by atoms with Crippen molar-refractivity contribution in [1.82, 2.24) is 19.7 Å². The number of carboxylic acid groups (broad SMARTS) is 1. The molecule has 0 aliphatic carbocycles. The Morgan fingerprint density at radius 2 is 1.84 bits per heavy atom. The Kier molecular flexibility index (Phi) is 5.02. The zero-order valence-electron chi connectivity index (χ0n) is 18.0. The Morgan fingerprint density at radius 1 is 1.12 bits per heavy atom. The van der Waals surface area contributed by atoms with Crippen LogP contribution in [-0.4, -0.2) is 36.5 Å². The fourth-order valence-electron chi connectivity index (χ4n) is 3.95. The quantitative estimate of drug-likeness (QED) is 0.460. The molecule has 32 heavy (non-hydrogen) atoms. The van der Waals surface area contributed by atoms with Crippen LogP contribution in [0, 0.1) is 26.7 Å². The molecule has 0 fully saturated rings. The van der Waals surface area contributed by atoms with Gasteiger partial charge >= 0.3 is 5.97 Å². The first-order chi connectivity index (χ1) is 15.4. The first-order valence-corrected chi connectivity index (χ1v) is 11.9. The topological polar surface area (TPSA) is 93.3 Å². The van der Waals surface area contributed by atoms with Crippen molar-refractivity contribution < 1.29 is 9.90 Å². The number of aromatic nitrogens is 4. The molecule has 0 amide bonds. The maximum Gasteiger partial charge on any atom is 0.308 e. The highest BCUT2D eigenvalue weighted by Gasteiger charge is 2.36. The first kappa shape index (κ1) is 20.7. The van der Waals surface area contributed by atoms with Crippen molar-refractivity contribution in [2.45, 2.75) is 33.7 Å². The summed E-state index contributed by atoms with van der Waals surface area (Å²) >= 11 is 3.25. The van der Waals surface area contributed by atoms with E-state index in [1.807, 2.05) is 41.1 Å². The van der Waals surface area contributed by atoms with Crippen molar-refractivity contribution in [1.29, 1.82) is 0 Å². The lowest BCUT2D eigenvalue weighted by molar-refractivity contribution is -0.141. The summed E-state index contributed by atoms with van der Waals surface area (Å²) in [5.41, 5.74) is 4.91. The first-order valence-electron chi connectivity index (χ1n) is 10.2. The maximum atomic E-state index is 11.9. The zero-order chi connectivity index (χ0) is 22.6. The molecule has 2 atom stereocenters. The van der Waals surface area contributed by atoms with E-state index in [1.54, 1.807) is 35.8 Å². The van der Waals surface area contributed by atoms with Crippen LogP contribution in [0.25, 0.3) is 15.6 Å². The number of rotatable bonds is 4. The summed E-state index contributed by atoms with van der Waals surface area (Å²) in [6.07, 6.45) is 1.79. The second kappa shape index (κ2) is 7.75. The number of aryl methyl sites for hydroxylation is 2. The minimum absolute atomic E-state index is 0.564. The second-order valence-corrected chi connectivity index (χ2v) is 9.97. The lowest BCUT2D eigenvalue weighted by atomic mass is 9.97. The van der Waals surface area contributed by atoms with E-state index in [-0.39, 0.29) is 0 Å². The second-order valence-electron chi connectivity index (χ2n) is 7.87. The Morgan fingerprint density at radius 3 is 2.50 bits per heavy atom. The van der Waals surface area contributed by atoms with E-state index in [1.165, 1.54) is 4.88 Å². The number of fused-ring (bicyclic) bond motifs is 3. The van der Waals surface area contributed by atoms with Gasteiger partial charge in [0, 0.05) is 33.1 Å². The van der Waals surface area contributed by atoms with Gasteiger partial charge in [0.05, 0.1) is 11.6 Å². The molecule has 162 valence electrons. The van der Waals surface area contributed by atoms with Crippen molar-refractivity contribution in [3.8, 4) is 15.6 Å². The summed E-state index contributed by atoms with van der Waals surface area (Å²) in [5.74, 6) is -0.380. The molecular formula is C23H21N5O2S2. The Labute approximate surface area is 193 Å². The van der Waals surface area contributed by atoms with Gasteiger partial charge in [0.1, 0.15) is 21.9 Å². The zero-order valence-corrected chi connectivity index (χ0v) is 19.7. The van der Waals surface area contributed by atoms with E-state index in [0.29, 0.717) is 5.82 Å². The largest absolute Gasteiger partial charge is 0.481 e. The van der Waals surface area contributed by atoms with E-state index < -0.39 is 17.9 Å². The fraction of sp³-hybridized carbons (Fsp3) is 0.261. The van der Waals surface area contributed by atoms with Crippen LogP contribution < -0.4 is 0 Å². The molecule has 0 spiro atoms. The Hall–Kier alpha value is -3.17. The van der Waals surface area contributed by atoms with E-state index in [4.69, 9.17) is 4.99 Å².